The van der Waals surface area contributed by atoms with Crippen LogP contribution in [0.5, 0.6) is 0 Å². The molecule has 288 valence electrons. The number of ether oxygens (including phenoxy) is 3. The van der Waals surface area contributed by atoms with Gasteiger partial charge >= 0.3 is 14.9 Å². The Morgan fingerprint density at radius 3 is 1.30 bits per heavy atom. The van der Waals surface area contributed by atoms with Crippen LogP contribution in [0, 0.1) is 0 Å². The van der Waals surface area contributed by atoms with Crippen molar-refractivity contribution in [2.75, 3.05) is 61.8 Å². The van der Waals surface area contributed by atoms with E-state index in [1.165, 1.54) is 6.04 Å². The zero-order valence-electron chi connectivity index (χ0n) is 32.4. The van der Waals surface area contributed by atoms with Crippen molar-refractivity contribution in [3.05, 3.63) is 0 Å². The Kier molecular flexibility index (Phi) is 30.0. The molecular weight excluding hydrogens is 705 g/mol. The van der Waals surface area contributed by atoms with Gasteiger partial charge in [0.05, 0.1) is 6.67 Å². The van der Waals surface area contributed by atoms with E-state index in [-0.39, 0.29) is 6.67 Å². The van der Waals surface area contributed by atoms with Crippen LogP contribution in [0.3, 0.4) is 0 Å². The highest BCUT2D eigenvalue weighted by Crippen LogP contribution is 2.28. The van der Waals surface area contributed by atoms with Crippen LogP contribution >= 0.6 is 0 Å². The maximum atomic E-state index is 12.8. The lowest BCUT2D eigenvalue weighted by molar-refractivity contribution is -0.249. The zero-order valence-corrected chi connectivity index (χ0v) is 37.4. The monoisotopic (exact) mass is 776 g/mol. The molecule has 8 nitrogen and oxygen atoms in total. The molecule has 0 rings (SSSR count). The number of unbranched alkanes of at least 4 members (excludes halogenated alkanes) is 1. The van der Waals surface area contributed by atoms with Gasteiger partial charge in [-0.05, 0) is 95.8 Å². The fraction of sp³-hybridized carbons (Fsp3) is 1.00. The third kappa shape index (κ3) is 31.0. The number of halogens is 4. The molecule has 0 heterocycles. The molecule has 0 saturated heterocycles. The lowest BCUT2D eigenvalue weighted by atomic mass is 10.4. The molecule has 0 unspecified atom stereocenters. The summed E-state index contributed by atoms with van der Waals surface area (Å²) in [4.78, 5) is 0. The van der Waals surface area contributed by atoms with Gasteiger partial charge in [0.2, 0.25) is 0 Å². The molecular formula is C30H72F4O8Si5. The van der Waals surface area contributed by atoms with Crippen LogP contribution in [-0.2, 0) is 35.7 Å². The van der Waals surface area contributed by atoms with E-state index in [1.54, 1.807) is 21.3 Å². The van der Waals surface area contributed by atoms with Crippen LogP contribution in [0.2, 0.25) is 82.6 Å². The Morgan fingerprint density at radius 1 is 0.532 bits per heavy atom. The first-order valence-corrected chi connectivity index (χ1v) is 31.3. The molecule has 0 spiro atoms. The Bertz CT molecular complexity index is 728. The first-order chi connectivity index (χ1) is 21.6. The van der Waals surface area contributed by atoms with Gasteiger partial charge in [-0.15, -0.1) is 0 Å². The molecule has 0 N–H and O–H groups in total. The summed E-state index contributed by atoms with van der Waals surface area (Å²) in [5.41, 5.74) is 0. The Balaban J connectivity index is -0.000000721. The number of methoxy groups -OCH3 is 1. The fourth-order valence-electron chi connectivity index (χ4n) is 4.95. The molecule has 0 aliphatic heterocycles. The van der Waals surface area contributed by atoms with Crippen molar-refractivity contribution in [1.29, 1.82) is 0 Å². The quantitative estimate of drug-likeness (QED) is 0.0489. The first-order valence-electron chi connectivity index (χ1n) is 16.9. The molecule has 0 aromatic carbocycles. The van der Waals surface area contributed by atoms with E-state index in [0.29, 0.717) is 13.2 Å². The normalized spacial score (nSPS) is 13.1. The van der Waals surface area contributed by atoms with E-state index in [0.717, 1.165) is 63.4 Å². The van der Waals surface area contributed by atoms with Crippen molar-refractivity contribution in [2.24, 2.45) is 0 Å². The number of alkyl halides is 4. The third-order valence-corrected chi connectivity index (χ3v) is 25.5. The highest BCUT2D eigenvalue weighted by Gasteiger charge is 2.42. The Hall–Kier alpha value is 0.484. The molecule has 0 aromatic heterocycles. The van der Waals surface area contributed by atoms with E-state index < -0.39 is 61.7 Å². The molecule has 0 bridgehead atoms. The molecule has 0 aliphatic rings. The molecule has 0 atom stereocenters. The number of hydrogen-bond donors (Lipinski definition) is 0. The van der Waals surface area contributed by atoms with Gasteiger partial charge in [-0.1, -0.05) is 26.7 Å². The summed E-state index contributed by atoms with van der Waals surface area (Å²) in [5, 5.41) is 0. The second-order valence-corrected chi connectivity index (χ2v) is 34.8. The topological polar surface area (TPSA) is 73.8 Å². The third-order valence-electron chi connectivity index (χ3n) is 7.19. The molecule has 0 amide bonds. The average molecular weight is 777 g/mol. The van der Waals surface area contributed by atoms with Crippen LogP contribution in [-0.4, -0.2) is 110 Å². The molecule has 0 aliphatic carbocycles. The predicted octanol–water partition coefficient (Wildman–Crippen LogP) is 9.85. The van der Waals surface area contributed by atoms with E-state index >= 15 is 0 Å². The number of hydrogen-bond acceptors (Lipinski definition) is 8. The van der Waals surface area contributed by atoms with Gasteiger partial charge in [-0.2, -0.15) is 8.78 Å². The van der Waals surface area contributed by atoms with Crippen molar-refractivity contribution < 1.29 is 53.3 Å². The largest absolute Gasteiger partial charge is 0.499 e. The minimum absolute atomic E-state index is 0.156. The van der Waals surface area contributed by atoms with Gasteiger partial charge < -0.3 is 35.7 Å². The van der Waals surface area contributed by atoms with Gasteiger partial charge in [0.15, 0.2) is 40.1 Å². The van der Waals surface area contributed by atoms with Gasteiger partial charge in [-0.25, -0.2) is 4.39 Å². The van der Waals surface area contributed by atoms with E-state index in [4.69, 9.17) is 31.0 Å². The average Bonchev–Trinajstić information content (AvgIpc) is 2.96. The van der Waals surface area contributed by atoms with Crippen molar-refractivity contribution in [2.45, 2.75) is 135 Å². The zero-order chi connectivity index (χ0) is 37.3. The Labute approximate surface area is 291 Å². The van der Waals surface area contributed by atoms with E-state index in [2.05, 4.69) is 64.0 Å². The second-order valence-electron chi connectivity index (χ2n) is 13.9. The molecule has 17 heteroatoms. The first kappa shape index (κ1) is 51.9. The molecule has 0 fully saturated rings. The van der Waals surface area contributed by atoms with E-state index in [1.807, 2.05) is 6.92 Å². The standard InChI is InChI=1S/C13H30F2O3Si2.C13H33FO5Si3.C4H9F/c1-7-10-19(3,4)18-20(5,6)11-8-9-17-12-13(14,15)16-2;1-15-22(16-2,17-3)12-11-21(6,7)19-20(4,5)10-8-9-18-13-14;1-2-3-4-5/h7-12H2,1-6H3;8-13H2,1-7H3;2-4H2,1H3. The lowest BCUT2D eigenvalue weighted by Gasteiger charge is -2.35. The van der Waals surface area contributed by atoms with Crippen LogP contribution in [0.1, 0.15) is 46.0 Å². The highest BCUT2D eigenvalue weighted by atomic mass is 28.4. The summed E-state index contributed by atoms with van der Waals surface area (Å²) in [6.07, 6.45) is 1.27. The van der Waals surface area contributed by atoms with Crippen molar-refractivity contribution in [3.8, 4) is 0 Å². The summed E-state index contributed by atoms with van der Waals surface area (Å²) in [6, 6.07) is 4.79. The molecule has 0 aromatic rings. The summed E-state index contributed by atoms with van der Waals surface area (Å²) in [5.74, 6) is 0. The van der Waals surface area contributed by atoms with Gasteiger partial charge in [0, 0.05) is 47.7 Å². The van der Waals surface area contributed by atoms with Crippen LogP contribution in [0.25, 0.3) is 0 Å². The highest BCUT2D eigenvalue weighted by molar-refractivity contribution is 6.85. The van der Waals surface area contributed by atoms with Crippen molar-refractivity contribution >= 4 is 42.1 Å². The fourth-order valence-corrected chi connectivity index (χ4v) is 26.5. The van der Waals surface area contributed by atoms with E-state index in [9.17, 15) is 17.6 Å². The maximum absolute atomic E-state index is 12.8. The van der Waals surface area contributed by atoms with Gasteiger partial charge in [0.1, 0.15) is 6.61 Å². The van der Waals surface area contributed by atoms with Gasteiger partial charge in [-0.3, -0.25) is 4.39 Å². The smallest absolute Gasteiger partial charge is 0.456 e. The minimum Gasteiger partial charge on any atom is -0.456 e. The lowest BCUT2D eigenvalue weighted by Crippen LogP contribution is -2.48. The van der Waals surface area contributed by atoms with Crippen LogP contribution in [0.4, 0.5) is 17.6 Å². The second kappa shape index (κ2) is 27.2. The maximum Gasteiger partial charge on any atom is 0.499 e. The van der Waals surface area contributed by atoms with Crippen molar-refractivity contribution in [1.82, 2.24) is 0 Å². The van der Waals surface area contributed by atoms with Crippen LogP contribution in [0.15, 0.2) is 0 Å². The summed E-state index contributed by atoms with van der Waals surface area (Å²) < 4.78 is 91.5. The number of rotatable bonds is 26. The van der Waals surface area contributed by atoms with Crippen molar-refractivity contribution in [3.63, 3.8) is 0 Å². The summed E-state index contributed by atoms with van der Waals surface area (Å²) in [6.45, 7) is 21.2. The Morgan fingerprint density at radius 2 is 0.957 bits per heavy atom. The minimum atomic E-state index is -3.18. The van der Waals surface area contributed by atoms with Crippen LogP contribution < -0.4 is 0 Å². The molecule has 0 radical (unpaired) electrons. The molecule has 0 saturated carbocycles. The SMILES string of the molecule is CCCCF.CCC[Si](C)(C)O[Si](C)(C)CCCOCC(F)(F)OC.CO[Si](CC[Si](C)(C)O[Si](C)(C)CCCOCF)(OC)OC. The summed E-state index contributed by atoms with van der Waals surface area (Å²) >= 11 is 0. The molecule has 47 heavy (non-hydrogen) atoms. The van der Waals surface area contributed by atoms with Gasteiger partial charge in [0.25, 0.3) is 0 Å². The summed E-state index contributed by atoms with van der Waals surface area (Å²) in [7, 11) is -3.51. The predicted molar refractivity (Wildman–Crippen MR) is 198 cm³/mol.